The number of hydrogen-bond donors (Lipinski definition) is 1. The first-order chi connectivity index (χ1) is 15.5. The second-order valence-corrected chi connectivity index (χ2v) is 10.0. The monoisotopic (exact) mass is 490 g/mol. The SMILES string of the molecule is O=C(Nc1nnc(SCc2ccc(F)cc2)s1)[C@@H]1CCCN(C(=O)c2ccc(Cl)cc2)C1. The quantitative estimate of drug-likeness (QED) is 0.383. The third kappa shape index (κ3) is 5.85. The van der Waals surface area contributed by atoms with Crippen LogP contribution in [0.5, 0.6) is 0 Å². The molecule has 0 saturated carbocycles. The van der Waals surface area contributed by atoms with Crippen LogP contribution in [0.4, 0.5) is 9.52 Å². The van der Waals surface area contributed by atoms with Gasteiger partial charge in [0.2, 0.25) is 11.0 Å². The highest BCUT2D eigenvalue weighted by molar-refractivity contribution is 8.00. The first-order valence-electron chi connectivity index (χ1n) is 10.0. The minimum atomic E-state index is -0.306. The van der Waals surface area contributed by atoms with E-state index in [2.05, 4.69) is 15.5 Å². The van der Waals surface area contributed by atoms with Gasteiger partial charge in [-0.3, -0.25) is 9.59 Å². The van der Waals surface area contributed by atoms with E-state index in [0.717, 1.165) is 12.0 Å². The van der Waals surface area contributed by atoms with Crippen molar-refractivity contribution in [3.05, 3.63) is 70.5 Å². The Bertz CT molecular complexity index is 1090. The molecule has 10 heteroatoms. The van der Waals surface area contributed by atoms with Crippen molar-refractivity contribution >= 4 is 51.6 Å². The fraction of sp³-hybridized carbons (Fsp3) is 0.273. The molecule has 1 atom stereocenters. The van der Waals surface area contributed by atoms with Crippen LogP contribution in [0.25, 0.3) is 0 Å². The van der Waals surface area contributed by atoms with Gasteiger partial charge in [-0.25, -0.2) is 4.39 Å². The summed E-state index contributed by atoms with van der Waals surface area (Å²) < 4.78 is 13.7. The van der Waals surface area contributed by atoms with Crippen molar-refractivity contribution in [3.63, 3.8) is 0 Å². The van der Waals surface area contributed by atoms with E-state index in [4.69, 9.17) is 11.6 Å². The number of thioether (sulfide) groups is 1. The van der Waals surface area contributed by atoms with Crippen molar-refractivity contribution in [2.75, 3.05) is 18.4 Å². The molecule has 1 aromatic heterocycles. The predicted octanol–water partition coefficient (Wildman–Crippen LogP) is 5.11. The summed E-state index contributed by atoms with van der Waals surface area (Å²) >= 11 is 8.67. The lowest BCUT2D eigenvalue weighted by atomic mass is 9.96. The standard InChI is InChI=1S/C22H20ClFN4O2S2/c23-17-7-5-15(6-8-17)20(30)28-11-1-2-16(12-28)19(29)25-21-26-27-22(32-21)31-13-14-3-9-18(24)10-4-14/h3-10,16H,1-2,11-13H2,(H,25,26,29)/t16-/m1/s1. The van der Waals surface area contributed by atoms with Crippen LogP contribution in [-0.4, -0.2) is 40.0 Å². The van der Waals surface area contributed by atoms with E-state index in [9.17, 15) is 14.0 Å². The Hall–Kier alpha value is -2.49. The highest BCUT2D eigenvalue weighted by atomic mass is 35.5. The number of halogens is 2. The number of benzene rings is 2. The Kier molecular flexibility index (Phi) is 7.39. The number of likely N-dealkylation sites (tertiary alicyclic amines) is 1. The lowest BCUT2D eigenvalue weighted by molar-refractivity contribution is -0.121. The van der Waals surface area contributed by atoms with Gasteiger partial charge >= 0.3 is 0 Å². The van der Waals surface area contributed by atoms with Crippen molar-refractivity contribution in [1.82, 2.24) is 15.1 Å². The molecule has 4 rings (SSSR count). The summed E-state index contributed by atoms with van der Waals surface area (Å²) in [4.78, 5) is 27.2. The Morgan fingerprint density at radius 3 is 2.66 bits per heavy atom. The number of aromatic nitrogens is 2. The molecular weight excluding hydrogens is 471 g/mol. The summed E-state index contributed by atoms with van der Waals surface area (Å²) in [5.41, 5.74) is 1.53. The van der Waals surface area contributed by atoms with E-state index in [0.29, 0.717) is 45.3 Å². The summed E-state index contributed by atoms with van der Waals surface area (Å²) in [7, 11) is 0. The van der Waals surface area contributed by atoms with Gasteiger partial charge in [0.1, 0.15) is 5.82 Å². The van der Waals surface area contributed by atoms with Gasteiger partial charge in [-0.1, -0.05) is 46.8 Å². The molecule has 1 N–H and O–H groups in total. The zero-order valence-electron chi connectivity index (χ0n) is 17.0. The molecule has 0 radical (unpaired) electrons. The number of piperidine rings is 1. The zero-order chi connectivity index (χ0) is 22.5. The number of rotatable bonds is 6. The van der Waals surface area contributed by atoms with Gasteiger partial charge in [-0.05, 0) is 54.8 Å². The predicted molar refractivity (Wildman–Crippen MR) is 125 cm³/mol. The Morgan fingerprint density at radius 1 is 1.16 bits per heavy atom. The van der Waals surface area contributed by atoms with Gasteiger partial charge in [0, 0.05) is 29.4 Å². The Balaban J connectivity index is 1.31. The van der Waals surface area contributed by atoms with Crippen LogP contribution >= 0.6 is 34.7 Å². The number of hydrogen-bond acceptors (Lipinski definition) is 6. The normalized spacial score (nSPS) is 16.1. The lowest BCUT2D eigenvalue weighted by Gasteiger charge is -2.32. The summed E-state index contributed by atoms with van der Waals surface area (Å²) in [6, 6.07) is 13.1. The van der Waals surface area contributed by atoms with Crippen molar-refractivity contribution in [1.29, 1.82) is 0 Å². The third-order valence-corrected chi connectivity index (χ3v) is 7.38. The molecule has 0 spiro atoms. The average Bonchev–Trinajstić information content (AvgIpc) is 3.26. The van der Waals surface area contributed by atoms with Crippen LogP contribution in [0.2, 0.25) is 5.02 Å². The summed E-state index contributed by atoms with van der Waals surface area (Å²) in [6.45, 7) is 0.979. The van der Waals surface area contributed by atoms with Gasteiger partial charge in [-0.15, -0.1) is 10.2 Å². The molecule has 1 fully saturated rings. The van der Waals surface area contributed by atoms with Crippen LogP contribution < -0.4 is 5.32 Å². The highest BCUT2D eigenvalue weighted by Gasteiger charge is 2.29. The van der Waals surface area contributed by atoms with Crippen molar-refractivity contribution in [3.8, 4) is 0 Å². The van der Waals surface area contributed by atoms with Crippen molar-refractivity contribution in [2.24, 2.45) is 5.92 Å². The van der Waals surface area contributed by atoms with Crippen LogP contribution in [0, 0.1) is 11.7 Å². The molecule has 1 saturated heterocycles. The van der Waals surface area contributed by atoms with E-state index in [1.165, 1.54) is 35.2 Å². The maximum absolute atomic E-state index is 13.0. The molecule has 0 bridgehead atoms. The maximum atomic E-state index is 13.0. The van der Waals surface area contributed by atoms with Gasteiger partial charge in [0.15, 0.2) is 4.34 Å². The third-order valence-electron chi connectivity index (χ3n) is 5.08. The first-order valence-corrected chi connectivity index (χ1v) is 12.2. The zero-order valence-corrected chi connectivity index (χ0v) is 19.4. The minimum Gasteiger partial charge on any atom is -0.338 e. The molecule has 0 aliphatic carbocycles. The fourth-order valence-corrected chi connectivity index (χ4v) is 5.24. The fourth-order valence-electron chi connectivity index (χ4n) is 3.40. The minimum absolute atomic E-state index is 0.102. The summed E-state index contributed by atoms with van der Waals surface area (Å²) in [6.07, 6.45) is 1.47. The number of carbonyl (C=O) groups excluding carboxylic acids is 2. The molecule has 2 heterocycles. The van der Waals surface area contributed by atoms with E-state index >= 15 is 0 Å². The molecular formula is C22H20ClFN4O2S2. The number of nitrogens with zero attached hydrogens (tertiary/aromatic N) is 3. The Labute approximate surface area is 198 Å². The molecule has 2 amide bonds. The molecule has 166 valence electrons. The topological polar surface area (TPSA) is 75.2 Å². The van der Waals surface area contributed by atoms with Crippen LogP contribution in [0.15, 0.2) is 52.9 Å². The molecule has 3 aromatic rings. The van der Waals surface area contributed by atoms with Crippen LogP contribution in [0.3, 0.4) is 0 Å². The number of amides is 2. The molecule has 32 heavy (non-hydrogen) atoms. The summed E-state index contributed by atoms with van der Waals surface area (Å²) in [5.74, 6) is -0.206. The Morgan fingerprint density at radius 2 is 1.91 bits per heavy atom. The van der Waals surface area contributed by atoms with Crippen LogP contribution in [-0.2, 0) is 10.5 Å². The second kappa shape index (κ2) is 10.4. The molecule has 2 aromatic carbocycles. The van der Waals surface area contributed by atoms with E-state index in [1.807, 2.05) is 0 Å². The van der Waals surface area contributed by atoms with Crippen LogP contribution in [0.1, 0.15) is 28.8 Å². The molecule has 1 aliphatic heterocycles. The number of carbonyl (C=O) groups is 2. The van der Waals surface area contributed by atoms with Gasteiger partial charge < -0.3 is 10.2 Å². The maximum Gasteiger partial charge on any atom is 0.253 e. The number of anilines is 1. The molecule has 6 nitrogen and oxygen atoms in total. The second-order valence-electron chi connectivity index (χ2n) is 7.37. The van der Waals surface area contributed by atoms with Crippen molar-refractivity contribution in [2.45, 2.75) is 22.9 Å². The molecule has 0 unspecified atom stereocenters. The average molecular weight is 491 g/mol. The van der Waals surface area contributed by atoms with Gasteiger partial charge in [0.05, 0.1) is 5.92 Å². The lowest BCUT2D eigenvalue weighted by Crippen LogP contribution is -2.43. The van der Waals surface area contributed by atoms with Gasteiger partial charge in [-0.2, -0.15) is 0 Å². The van der Waals surface area contributed by atoms with E-state index in [-0.39, 0.29) is 23.5 Å². The van der Waals surface area contributed by atoms with Gasteiger partial charge in [0.25, 0.3) is 5.91 Å². The molecule has 1 aliphatic rings. The number of nitrogens with one attached hydrogen (secondary N) is 1. The highest BCUT2D eigenvalue weighted by Crippen LogP contribution is 2.29. The van der Waals surface area contributed by atoms with E-state index in [1.54, 1.807) is 41.3 Å². The smallest absolute Gasteiger partial charge is 0.253 e. The largest absolute Gasteiger partial charge is 0.338 e. The van der Waals surface area contributed by atoms with Crippen molar-refractivity contribution < 1.29 is 14.0 Å². The first kappa shape index (κ1) is 22.7. The summed E-state index contributed by atoms with van der Waals surface area (Å²) in [5, 5.41) is 12.0. The van der Waals surface area contributed by atoms with E-state index < -0.39 is 0 Å².